The molecule has 1 N–H and O–H groups in total. The fraction of sp³-hybridized carbons (Fsp3) is 0.462. The maximum absolute atomic E-state index is 11.9. The third-order valence-electron chi connectivity index (χ3n) is 3.13. The molecule has 2 rings (SSSR count). The van der Waals surface area contributed by atoms with Crippen LogP contribution in [0.5, 0.6) is 0 Å². The van der Waals surface area contributed by atoms with Crippen molar-refractivity contribution >= 4 is 11.7 Å². The molecule has 1 aliphatic rings. The molecular formula is C13H14F3NO3. The lowest BCUT2D eigenvalue weighted by atomic mass is 10.0. The number of hydrogen-bond acceptors (Lipinski definition) is 3. The number of hydrogen-bond donors (Lipinski definition) is 1. The average molecular weight is 289 g/mol. The maximum Gasteiger partial charge on any atom is 0.411 e. The topological polar surface area (TPSA) is 49.8 Å². The number of aliphatic carboxylic acids is 1. The van der Waals surface area contributed by atoms with Crippen molar-refractivity contribution in [3.8, 4) is 0 Å². The van der Waals surface area contributed by atoms with E-state index >= 15 is 0 Å². The molecule has 1 atom stereocenters. The largest absolute Gasteiger partial charge is 0.481 e. The van der Waals surface area contributed by atoms with Crippen LogP contribution in [0.15, 0.2) is 24.3 Å². The highest BCUT2D eigenvalue weighted by atomic mass is 19.4. The SMILES string of the molecule is O=C(O)C1CN(CCOCC(F)(F)F)c2ccccc21. The van der Waals surface area contributed by atoms with E-state index in [2.05, 4.69) is 4.74 Å². The van der Waals surface area contributed by atoms with Gasteiger partial charge in [-0.3, -0.25) is 4.79 Å². The number of halogens is 3. The van der Waals surface area contributed by atoms with Gasteiger partial charge in [-0.15, -0.1) is 0 Å². The van der Waals surface area contributed by atoms with Crippen LogP contribution >= 0.6 is 0 Å². The molecule has 4 nitrogen and oxygen atoms in total. The summed E-state index contributed by atoms with van der Waals surface area (Å²) in [6.07, 6.45) is -4.34. The second-order valence-corrected chi connectivity index (χ2v) is 4.56. The first-order chi connectivity index (χ1) is 9.38. The molecule has 0 bridgehead atoms. The first kappa shape index (κ1) is 14.6. The highest BCUT2D eigenvalue weighted by Crippen LogP contribution is 2.35. The number of carboxylic acids is 1. The van der Waals surface area contributed by atoms with Crippen LogP contribution < -0.4 is 4.90 Å². The number of fused-ring (bicyclic) bond motifs is 1. The number of nitrogens with zero attached hydrogens (tertiary/aromatic N) is 1. The molecule has 1 heterocycles. The number of benzene rings is 1. The molecule has 20 heavy (non-hydrogen) atoms. The molecule has 110 valence electrons. The summed E-state index contributed by atoms with van der Waals surface area (Å²) >= 11 is 0. The van der Waals surface area contributed by atoms with E-state index in [0.29, 0.717) is 5.56 Å². The fourth-order valence-electron chi connectivity index (χ4n) is 2.27. The molecule has 0 spiro atoms. The Morgan fingerprint density at radius 1 is 1.40 bits per heavy atom. The van der Waals surface area contributed by atoms with Gasteiger partial charge in [-0.2, -0.15) is 13.2 Å². The first-order valence-electron chi connectivity index (χ1n) is 6.09. The lowest BCUT2D eigenvalue weighted by Crippen LogP contribution is -2.29. The zero-order valence-corrected chi connectivity index (χ0v) is 10.6. The van der Waals surface area contributed by atoms with E-state index in [0.717, 1.165) is 5.69 Å². The van der Waals surface area contributed by atoms with Gasteiger partial charge in [0.25, 0.3) is 0 Å². The van der Waals surface area contributed by atoms with Gasteiger partial charge in [0.15, 0.2) is 0 Å². The number of carboxylic acid groups (broad SMARTS) is 1. The minimum atomic E-state index is -4.34. The Balaban J connectivity index is 1.95. The maximum atomic E-state index is 11.9. The predicted molar refractivity (Wildman–Crippen MR) is 65.9 cm³/mol. The van der Waals surface area contributed by atoms with Crippen LogP contribution in [-0.4, -0.2) is 43.6 Å². The molecule has 0 aromatic heterocycles. The summed E-state index contributed by atoms with van der Waals surface area (Å²) in [4.78, 5) is 12.9. The summed E-state index contributed by atoms with van der Waals surface area (Å²) in [6, 6.07) is 7.01. The van der Waals surface area contributed by atoms with Crippen molar-refractivity contribution in [1.29, 1.82) is 0 Å². The van der Waals surface area contributed by atoms with E-state index in [1.807, 2.05) is 0 Å². The van der Waals surface area contributed by atoms with E-state index in [9.17, 15) is 18.0 Å². The monoisotopic (exact) mass is 289 g/mol. The highest BCUT2D eigenvalue weighted by Gasteiger charge is 2.33. The average Bonchev–Trinajstić information content (AvgIpc) is 2.73. The number of ether oxygens (including phenoxy) is 1. The van der Waals surface area contributed by atoms with Crippen LogP contribution in [0.4, 0.5) is 18.9 Å². The molecular weight excluding hydrogens is 275 g/mol. The minimum absolute atomic E-state index is 0.0970. The summed E-state index contributed by atoms with van der Waals surface area (Å²) in [5.41, 5.74) is 1.44. The van der Waals surface area contributed by atoms with Gasteiger partial charge in [0.1, 0.15) is 12.5 Å². The Labute approximate surface area is 113 Å². The van der Waals surface area contributed by atoms with E-state index in [1.165, 1.54) is 0 Å². The number of carbonyl (C=O) groups is 1. The van der Waals surface area contributed by atoms with E-state index in [4.69, 9.17) is 5.11 Å². The Morgan fingerprint density at radius 3 is 2.75 bits per heavy atom. The number of anilines is 1. The van der Waals surface area contributed by atoms with Crippen molar-refractivity contribution in [2.45, 2.75) is 12.1 Å². The van der Waals surface area contributed by atoms with Crippen LogP contribution in [-0.2, 0) is 9.53 Å². The summed E-state index contributed by atoms with van der Waals surface area (Å²) in [5, 5.41) is 9.15. The molecule has 0 saturated carbocycles. The van der Waals surface area contributed by atoms with E-state index < -0.39 is 24.7 Å². The van der Waals surface area contributed by atoms with Gasteiger partial charge in [0.2, 0.25) is 0 Å². The summed E-state index contributed by atoms with van der Waals surface area (Å²) < 4.78 is 40.4. The predicted octanol–water partition coefficient (Wildman–Crippen LogP) is 2.25. The Bertz CT molecular complexity index is 490. The molecule has 0 amide bonds. The van der Waals surface area contributed by atoms with E-state index in [1.54, 1.807) is 29.2 Å². The van der Waals surface area contributed by atoms with Crippen molar-refractivity contribution < 1.29 is 27.8 Å². The molecule has 0 saturated heterocycles. The van der Waals surface area contributed by atoms with Crippen molar-refractivity contribution in [2.75, 3.05) is 31.2 Å². The summed E-state index contributed by atoms with van der Waals surface area (Å²) in [6.45, 7) is -0.897. The van der Waals surface area contributed by atoms with Crippen LogP contribution in [0.1, 0.15) is 11.5 Å². The van der Waals surface area contributed by atoms with Gasteiger partial charge in [0.05, 0.1) is 6.61 Å². The Hall–Kier alpha value is -1.76. The second-order valence-electron chi connectivity index (χ2n) is 4.56. The Morgan fingerprint density at radius 2 is 2.10 bits per heavy atom. The van der Waals surface area contributed by atoms with Crippen LogP contribution in [0.2, 0.25) is 0 Å². The second kappa shape index (κ2) is 5.70. The summed E-state index contributed by atoms with van der Waals surface area (Å²) in [5.74, 6) is -1.58. The molecule has 1 aromatic carbocycles. The standard InChI is InChI=1S/C13H14F3NO3/c14-13(15,16)8-20-6-5-17-7-10(12(18)19)9-3-1-2-4-11(9)17/h1-4,10H,5-8H2,(H,18,19). The lowest BCUT2D eigenvalue weighted by Gasteiger charge is -2.19. The molecule has 1 aliphatic heterocycles. The zero-order valence-electron chi connectivity index (χ0n) is 10.6. The van der Waals surface area contributed by atoms with E-state index in [-0.39, 0.29) is 19.7 Å². The normalized spacial score (nSPS) is 18.1. The minimum Gasteiger partial charge on any atom is -0.481 e. The van der Waals surface area contributed by atoms with Crippen LogP contribution in [0, 0.1) is 0 Å². The summed E-state index contributed by atoms with van der Waals surface area (Å²) in [7, 11) is 0. The number of rotatable bonds is 5. The van der Waals surface area contributed by atoms with Crippen molar-refractivity contribution in [3.63, 3.8) is 0 Å². The van der Waals surface area contributed by atoms with Gasteiger partial charge < -0.3 is 14.7 Å². The number of para-hydroxylation sites is 1. The smallest absolute Gasteiger partial charge is 0.411 e. The molecule has 0 radical (unpaired) electrons. The lowest BCUT2D eigenvalue weighted by molar-refractivity contribution is -0.173. The van der Waals surface area contributed by atoms with Gasteiger partial charge >= 0.3 is 12.1 Å². The van der Waals surface area contributed by atoms with Crippen molar-refractivity contribution in [1.82, 2.24) is 0 Å². The molecule has 0 fully saturated rings. The third-order valence-corrected chi connectivity index (χ3v) is 3.13. The van der Waals surface area contributed by atoms with Gasteiger partial charge in [-0.05, 0) is 11.6 Å². The van der Waals surface area contributed by atoms with Crippen molar-refractivity contribution in [3.05, 3.63) is 29.8 Å². The fourth-order valence-corrected chi connectivity index (χ4v) is 2.27. The zero-order chi connectivity index (χ0) is 14.8. The molecule has 0 aliphatic carbocycles. The molecule has 1 unspecified atom stereocenters. The van der Waals surface area contributed by atoms with Gasteiger partial charge in [0, 0.05) is 18.8 Å². The quantitative estimate of drug-likeness (QED) is 0.845. The van der Waals surface area contributed by atoms with Crippen LogP contribution in [0.3, 0.4) is 0 Å². The highest BCUT2D eigenvalue weighted by molar-refractivity contribution is 5.82. The molecule has 1 aromatic rings. The third kappa shape index (κ3) is 3.41. The Kier molecular flexibility index (Phi) is 4.17. The van der Waals surface area contributed by atoms with Crippen LogP contribution in [0.25, 0.3) is 0 Å². The van der Waals surface area contributed by atoms with Gasteiger partial charge in [-0.25, -0.2) is 0 Å². The molecule has 7 heteroatoms. The number of alkyl halides is 3. The van der Waals surface area contributed by atoms with Crippen molar-refractivity contribution in [2.24, 2.45) is 0 Å². The van der Waals surface area contributed by atoms with Gasteiger partial charge in [-0.1, -0.05) is 18.2 Å². The first-order valence-corrected chi connectivity index (χ1v) is 6.09.